The summed E-state index contributed by atoms with van der Waals surface area (Å²) in [5, 5.41) is 0. The highest BCUT2D eigenvalue weighted by Gasteiger charge is 2.19. The van der Waals surface area contributed by atoms with E-state index in [-0.39, 0.29) is 5.91 Å². The van der Waals surface area contributed by atoms with Gasteiger partial charge in [-0.05, 0) is 17.9 Å². The number of carbonyl (C=O) groups is 1. The van der Waals surface area contributed by atoms with Crippen molar-refractivity contribution in [1.29, 1.82) is 0 Å². The first kappa shape index (κ1) is 13.7. The lowest BCUT2D eigenvalue weighted by atomic mass is 10.1. The van der Waals surface area contributed by atoms with Gasteiger partial charge in [-0.3, -0.25) is 4.79 Å². The molecule has 0 heterocycles. The molecule has 0 bridgehead atoms. The molecule has 2 N–H and O–H groups in total. The standard InChI is InChI=1S/C14H22N2O/c1-11(2)9-10-16(3)14(17)13(15)12-7-5-4-6-8-12/h4-8,11,13H,9-10,15H2,1-3H3/t13-/m1/s1. The third-order valence-electron chi connectivity index (χ3n) is 2.84. The van der Waals surface area contributed by atoms with E-state index in [0.717, 1.165) is 18.5 Å². The summed E-state index contributed by atoms with van der Waals surface area (Å²) in [4.78, 5) is 13.8. The molecule has 0 aliphatic carbocycles. The molecule has 1 rings (SSSR count). The summed E-state index contributed by atoms with van der Waals surface area (Å²) >= 11 is 0. The van der Waals surface area contributed by atoms with Crippen LogP contribution in [0.5, 0.6) is 0 Å². The van der Waals surface area contributed by atoms with Gasteiger partial charge in [-0.25, -0.2) is 0 Å². The van der Waals surface area contributed by atoms with Crippen LogP contribution in [-0.2, 0) is 4.79 Å². The molecule has 0 saturated heterocycles. The van der Waals surface area contributed by atoms with Crippen LogP contribution in [0.25, 0.3) is 0 Å². The monoisotopic (exact) mass is 234 g/mol. The van der Waals surface area contributed by atoms with Crippen molar-refractivity contribution in [3.63, 3.8) is 0 Å². The van der Waals surface area contributed by atoms with Crippen molar-refractivity contribution in [3.8, 4) is 0 Å². The minimum absolute atomic E-state index is 0.0168. The van der Waals surface area contributed by atoms with Gasteiger partial charge in [0.15, 0.2) is 0 Å². The molecule has 17 heavy (non-hydrogen) atoms. The molecule has 0 spiro atoms. The topological polar surface area (TPSA) is 46.3 Å². The lowest BCUT2D eigenvalue weighted by Gasteiger charge is -2.22. The maximum Gasteiger partial charge on any atom is 0.243 e. The van der Waals surface area contributed by atoms with Crippen LogP contribution in [0.2, 0.25) is 0 Å². The van der Waals surface area contributed by atoms with E-state index in [2.05, 4.69) is 13.8 Å². The van der Waals surface area contributed by atoms with Crippen molar-refractivity contribution < 1.29 is 4.79 Å². The van der Waals surface area contributed by atoms with E-state index in [9.17, 15) is 4.79 Å². The Morgan fingerprint density at radius 3 is 2.41 bits per heavy atom. The summed E-state index contributed by atoms with van der Waals surface area (Å²) in [6.45, 7) is 5.06. The van der Waals surface area contributed by atoms with Crippen molar-refractivity contribution in [1.82, 2.24) is 4.90 Å². The Morgan fingerprint density at radius 2 is 1.88 bits per heavy atom. The number of benzene rings is 1. The lowest BCUT2D eigenvalue weighted by molar-refractivity contribution is -0.131. The SMILES string of the molecule is CC(C)CCN(C)C(=O)[C@H](N)c1ccccc1. The van der Waals surface area contributed by atoms with Gasteiger partial charge in [-0.2, -0.15) is 0 Å². The van der Waals surface area contributed by atoms with Crippen molar-refractivity contribution in [3.05, 3.63) is 35.9 Å². The molecule has 0 saturated carbocycles. The average molecular weight is 234 g/mol. The summed E-state index contributed by atoms with van der Waals surface area (Å²) in [6.07, 6.45) is 1.00. The van der Waals surface area contributed by atoms with Gasteiger partial charge in [0.25, 0.3) is 0 Å². The number of hydrogen-bond donors (Lipinski definition) is 1. The summed E-state index contributed by atoms with van der Waals surface area (Å²) in [5.41, 5.74) is 6.82. The number of hydrogen-bond acceptors (Lipinski definition) is 2. The predicted octanol–water partition coefficient (Wildman–Crippen LogP) is 2.19. The van der Waals surface area contributed by atoms with Crippen LogP contribution in [0, 0.1) is 5.92 Å². The summed E-state index contributed by atoms with van der Waals surface area (Å²) in [5.74, 6) is 0.579. The summed E-state index contributed by atoms with van der Waals surface area (Å²) < 4.78 is 0. The lowest BCUT2D eigenvalue weighted by Crippen LogP contribution is -2.36. The van der Waals surface area contributed by atoms with Crippen molar-refractivity contribution in [2.45, 2.75) is 26.3 Å². The first-order valence-corrected chi connectivity index (χ1v) is 6.08. The normalized spacial score (nSPS) is 12.5. The van der Waals surface area contributed by atoms with Crippen LogP contribution < -0.4 is 5.73 Å². The Morgan fingerprint density at radius 1 is 1.29 bits per heavy atom. The molecule has 3 nitrogen and oxygen atoms in total. The fraction of sp³-hybridized carbons (Fsp3) is 0.500. The first-order chi connectivity index (χ1) is 8.02. The number of rotatable bonds is 5. The zero-order valence-corrected chi connectivity index (χ0v) is 10.9. The molecule has 0 radical (unpaired) electrons. The van der Waals surface area contributed by atoms with Gasteiger partial charge >= 0.3 is 0 Å². The molecule has 0 aliphatic rings. The van der Waals surface area contributed by atoms with Crippen molar-refractivity contribution in [2.75, 3.05) is 13.6 Å². The molecule has 0 aliphatic heterocycles. The summed E-state index contributed by atoms with van der Waals surface area (Å²) in [7, 11) is 1.81. The third-order valence-corrected chi connectivity index (χ3v) is 2.84. The minimum Gasteiger partial charge on any atom is -0.344 e. The van der Waals surface area contributed by atoms with Crippen LogP contribution in [0.3, 0.4) is 0 Å². The molecule has 1 aromatic carbocycles. The molecule has 0 fully saturated rings. The minimum atomic E-state index is -0.548. The van der Waals surface area contributed by atoms with Crippen LogP contribution in [0.4, 0.5) is 0 Å². The second kappa shape index (κ2) is 6.40. The van der Waals surface area contributed by atoms with Gasteiger partial charge < -0.3 is 10.6 Å². The zero-order valence-electron chi connectivity index (χ0n) is 10.9. The number of nitrogens with two attached hydrogens (primary N) is 1. The largest absolute Gasteiger partial charge is 0.344 e. The molecular weight excluding hydrogens is 212 g/mol. The maximum absolute atomic E-state index is 12.1. The zero-order chi connectivity index (χ0) is 12.8. The van der Waals surface area contributed by atoms with Crippen LogP contribution in [-0.4, -0.2) is 24.4 Å². The van der Waals surface area contributed by atoms with E-state index in [4.69, 9.17) is 5.73 Å². The molecule has 0 aromatic heterocycles. The Bertz CT molecular complexity index is 348. The highest BCUT2D eigenvalue weighted by molar-refractivity contribution is 5.82. The highest BCUT2D eigenvalue weighted by atomic mass is 16.2. The van der Waals surface area contributed by atoms with Crippen LogP contribution in [0.15, 0.2) is 30.3 Å². The first-order valence-electron chi connectivity index (χ1n) is 6.08. The molecule has 94 valence electrons. The van der Waals surface area contributed by atoms with E-state index in [1.54, 1.807) is 4.90 Å². The Kier molecular flexibility index (Phi) is 5.16. The van der Waals surface area contributed by atoms with Gasteiger partial charge in [0.2, 0.25) is 5.91 Å². The highest BCUT2D eigenvalue weighted by Crippen LogP contribution is 2.12. The van der Waals surface area contributed by atoms with Gasteiger partial charge in [0.1, 0.15) is 6.04 Å². The average Bonchev–Trinajstić information content (AvgIpc) is 2.35. The Balaban J connectivity index is 2.57. The molecule has 1 aromatic rings. The van der Waals surface area contributed by atoms with E-state index in [1.807, 2.05) is 37.4 Å². The predicted molar refractivity (Wildman–Crippen MR) is 70.5 cm³/mol. The fourth-order valence-corrected chi connectivity index (χ4v) is 1.60. The molecule has 0 unspecified atom stereocenters. The van der Waals surface area contributed by atoms with Gasteiger partial charge in [0, 0.05) is 13.6 Å². The fourth-order valence-electron chi connectivity index (χ4n) is 1.60. The quantitative estimate of drug-likeness (QED) is 0.849. The van der Waals surface area contributed by atoms with Gasteiger partial charge in [-0.15, -0.1) is 0 Å². The second-order valence-electron chi connectivity index (χ2n) is 4.83. The number of amides is 1. The van der Waals surface area contributed by atoms with E-state index in [1.165, 1.54) is 0 Å². The van der Waals surface area contributed by atoms with Crippen LogP contribution >= 0.6 is 0 Å². The smallest absolute Gasteiger partial charge is 0.243 e. The van der Waals surface area contributed by atoms with E-state index >= 15 is 0 Å². The third kappa shape index (κ3) is 4.19. The van der Waals surface area contributed by atoms with Crippen molar-refractivity contribution in [2.24, 2.45) is 11.7 Å². The molecule has 1 amide bonds. The van der Waals surface area contributed by atoms with Gasteiger partial charge in [0.05, 0.1) is 0 Å². The molecular formula is C14H22N2O. The Labute approximate surface area is 104 Å². The molecule has 1 atom stereocenters. The molecule has 3 heteroatoms. The van der Waals surface area contributed by atoms with E-state index < -0.39 is 6.04 Å². The van der Waals surface area contributed by atoms with Crippen LogP contribution in [0.1, 0.15) is 31.9 Å². The van der Waals surface area contributed by atoms with E-state index in [0.29, 0.717) is 5.92 Å². The van der Waals surface area contributed by atoms with Crippen molar-refractivity contribution >= 4 is 5.91 Å². The number of nitrogens with zero attached hydrogens (tertiary/aromatic N) is 1. The Hall–Kier alpha value is -1.35. The van der Waals surface area contributed by atoms with Gasteiger partial charge in [-0.1, -0.05) is 44.2 Å². The summed E-state index contributed by atoms with van der Waals surface area (Å²) in [6, 6.07) is 8.95. The number of carbonyl (C=O) groups excluding carboxylic acids is 1. The maximum atomic E-state index is 12.1. The second-order valence-corrected chi connectivity index (χ2v) is 4.83. The number of likely N-dealkylation sites (N-methyl/N-ethyl adjacent to an activating group) is 1.